The predicted octanol–water partition coefficient (Wildman–Crippen LogP) is 5.86. The van der Waals surface area contributed by atoms with Crippen LogP contribution in [0.1, 0.15) is 42.7 Å². The van der Waals surface area contributed by atoms with Crippen LogP contribution >= 0.6 is 23.2 Å². The number of hydrogen-bond acceptors (Lipinski definition) is 3. The van der Waals surface area contributed by atoms with Crippen molar-refractivity contribution < 1.29 is 9.53 Å². The van der Waals surface area contributed by atoms with Crippen molar-refractivity contribution in [1.82, 2.24) is 4.90 Å². The number of hydrogen-bond donors (Lipinski definition) is 0. The SMILES string of the molecule is O=C1OC2(CCN(Cc3cc(Cl)c(Cl)c(C4CC4)c3)CC2)CN1c1ccccc1. The maximum Gasteiger partial charge on any atom is 0.415 e. The minimum atomic E-state index is -0.375. The summed E-state index contributed by atoms with van der Waals surface area (Å²) in [5, 5.41) is 1.37. The van der Waals surface area contributed by atoms with E-state index < -0.39 is 0 Å². The van der Waals surface area contributed by atoms with Gasteiger partial charge in [-0.3, -0.25) is 9.80 Å². The fraction of sp³-hybridized carbons (Fsp3) is 0.435. The number of rotatable bonds is 4. The highest BCUT2D eigenvalue weighted by Crippen LogP contribution is 2.45. The second-order valence-electron chi connectivity index (χ2n) is 8.50. The number of halogens is 2. The lowest BCUT2D eigenvalue weighted by atomic mass is 9.91. The van der Waals surface area contributed by atoms with E-state index in [9.17, 15) is 4.79 Å². The van der Waals surface area contributed by atoms with Gasteiger partial charge in [0.15, 0.2) is 0 Å². The lowest BCUT2D eigenvalue weighted by molar-refractivity contribution is -0.000974. The number of para-hydroxylation sites is 1. The van der Waals surface area contributed by atoms with Crippen LogP contribution < -0.4 is 4.90 Å². The molecule has 0 bridgehead atoms. The van der Waals surface area contributed by atoms with Crippen molar-refractivity contribution >= 4 is 35.0 Å². The Morgan fingerprint density at radius 2 is 1.79 bits per heavy atom. The van der Waals surface area contributed by atoms with Gasteiger partial charge in [-0.2, -0.15) is 0 Å². The van der Waals surface area contributed by atoms with Crippen molar-refractivity contribution in [2.75, 3.05) is 24.5 Å². The van der Waals surface area contributed by atoms with Crippen molar-refractivity contribution in [3.8, 4) is 0 Å². The fourth-order valence-corrected chi connectivity index (χ4v) is 5.03. The number of piperidine rings is 1. The first-order valence-corrected chi connectivity index (χ1v) is 11.0. The Hall–Kier alpha value is -1.75. The summed E-state index contributed by atoms with van der Waals surface area (Å²) in [5.41, 5.74) is 2.94. The topological polar surface area (TPSA) is 32.8 Å². The third kappa shape index (κ3) is 3.86. The molecule has 29 heavy (non-hydrogen) atoms. The normalized spacial score (nSPS) is 21.6. The Morgan fingerprint density at radius 1 is 1.07 bits per heavy atom. The van der Waals surface area contributed by atoms with E-state index in [1.807, 2.05) is 36.4 Å². The molecular weight excluding hydrogens is 407 g/mol. The summed E-state index contributed by atoms with van der Waals surface area (Å²) in [6.45, 7) is 3.27. The van der Waals surface area contributed by atoms with Crippen molar-refractivity contribution in [3.05, 3.63) is 63.6 Å². The van der Waals surface area contributed by atoms with Crippen LogP contribution in [-0.4, -0.2) is 36.2 Å². The summed E-state index contributed by atoms with van der Waals surface area (Å²) in [6, 6.07) is 14.0. The molecule has 0 aromatic heterocycles. The van der Waals surface area contributed by atoms with E-state index in [1.165, 1.54) is 24.0 Å². The molecule has 5 rings (SSSR count). The van der Waals surface area contributed by atoms with Crippen molar-refractivity contribution in [2.24, 2.45) is 0 Å². The van der Waals surface area contributed by atoms with Gasteiger partial charge in [0.05, 0.1) is 16.6 Å². The molecule has 3 aliphatic rings. The lowest BCUT2D eigenvalue weighted by Gasteiger charge is -2.37. The Kier molecular flexibility index (Phi) is 4.97. The van der Waals surface area contributed by atoms with Crippen LogP contribution in [-0.2, 0) is 11.3 Å². The smallest absolute Gasteiger partial charge is 0.415 e. The Morgan fingerprint density at radius 3 is 2.48 bits per heavy atom. The number of nitrogens with zero attached hydrogens (tertiary/aromatic N) is 2. The number of amides is 1. The zero-order valence-electron chi connectivity index (χ0n) is 16.2. The molecule has 0 radical (unpaired) electrons. The van der Waals surface area contributed by atoms with Crippen molar-refractivity contribution in [2.45, 2.75) is 43.7 Å². The Balaban J connectivity index is 1.24. The van der Waals surface area contributed by atoms with Gasteiger partial charge in [0.1, 0.15) is 5.60 Å². The second-order valence-corrected chi connectivity index (χ2v) is 9.29. The maximum atomic E-state index is 12.5. The van der Waals surface area contributed by atoms with Crippen LogP contribution in [0.15, 0.2) is 42.5 Å². The highest BCUT2D eigenvalue weighted by atomic mass is 35.5. The molecule has 1 saturated carbocycles. The van der Waals surface area contributed by atoms with Crippen LogP contribution in [0.25, 0.3) is 0 Å². The molecule has 2 heterocycles. The van der Waals surface area contributed by atoms with Gasteiger partial charge in [-0.25, -0.2) is 4.79 Å². The third-order valence-corrected chi connectivity index (χ3v) is 7.16. The maximum absolute atomic E-state index is 12.5. The van der Waals surface area contributed by atoms with Gasteiger partial charge in [0, 0.05) is 38.2 Å². The summed E-state index contributed by atoms with van der Waals surface area (Å²) in [5.74, 6) is 0.575. The van der Waals surface area contributed by atoms with Crippen molar-refractivity contribution in [1.29, 1.82) is 0 Å². The van der Waals surface area contributed by atoms with Crippen molar-refractivity contribution in [3.63, 3.8) is 0 Å². The monoisotopic (exact) mass is 430 g/mol. The average molecular weight is 431 g/mol. The molecule has 2 aromatic carbocycles. The molecule has 152 valence electrons. The molecule has 2 aliphatic heterocycles. The van der Waals surface area contributed by atoms with E-state index in [2.05, 4.69) is 11.0 Å². The lowest BCUT2D eigenvalue weighted by Crippen LogP contribution is -2.46. The van der Waals surface area contributed by atoms with Gasteiger partial charge >= 0.3 is 6.09 Å². The number of anilines is 1. The molecule has 1 spiro atoms. The van der Waals surface area contributed by atoms with Crippen LogP contribution in [0.5, 0.6) is 0 Å². The van der Waals surface area contributed by atoms with Gasteiger partial charge in [-0.1, -0.05) is 47.5 Å². The molecule has 2 saturated heterocycles. The van der Waals surface area contributed by atoms with E-state index in [4.69, 9.17) is 27.9 Å². The fourth-order valence-electron chi connectivity index (χ4n) is 4.52. The minimum Gasteiger partial charge on any atom is -0.441 e. The van der Waals surface area contributed by atoms with Gasteiger partial charge in [-0.05, 0) is 48.1 Å². The van der Waals surface area contributed by atoms with E-state index in [0.29, 0.717) is 17.5 Å². The van der Waals surface area contributed by atoms with E-state index >= 15 is 0 Å². The molecule has 4 nitrogen and oxygen atoms in total. The minimum absolute atomic E-state index is 0.233. The van der Waals surface area contributed by atoms with E-state index in [1.54, 1.807) is 4.90 Å². The molecule has 1 amide bonds. The summed E-state index contributed by atoms with van der Waals surface area (Å²) >= 11 is 12.8. The number of carbonyl (C=O) groups is 1. The van der Waals surface area contributed by atoms with Crippen LogP contribution in [0, 0.1) is 0 Å². The van der Waals surface area contributed by atoms with E-state index in [-0.39, 0.29) is 11.7 Å². The van der Waals surface area contributed by atoms with Crippen LogP contribution in [0.2, 0.25) is 10.0 Å². The summed E-state index contributed by atoms with van der Waals surface area (Å²) < 4.78 is 5.87. The molecule has 1 aliphatic carbocycles. The standard InChI is InChI=1S/C23H24Cl2N2O2/c24-20-13-16(12-19(21(20)25)17-6-7-17)14-26-10-8-23(9-11-26)15-27(22(28)29-23)18-4-2-1-3-5-18/h1-5,12-13,17H,6-11,14-15H2. The summed E-state index contributed by atoms with van der Waals surface area (Å²) in [7, 11) is 0. The third-order valence-electron chi connectivity index (χ3n) is 6.35. The molecule has 0 atom stereocenters. The molecule has 0 N–H and O–H groups in total. The zero-order chi connectivity index (χ0) is 20.0. The van der Waals surface area contributed by atoms with E-state index in [0.717, 1.165) is 43.2 Å². The highest BCUT2D eigenvalue weighted by Gasteiger charge is 2.47. The first kappa shape index (κ1) is 19.2. The number of likely N-dealkylation sites (tertiary alicyclic amines) is 1. The number of carbonyl (C=O) groups excluding carboxylic acids is 1. The zero-order valence-corrected chi connectivity index (χ0v) is 17.8. The van der Waals surface area contributed by atoms with Gasteiger partial charge in [0.2, 0.25) is 0 Å². The van der Waals surface area contributed by atoms with Gasteiger partial charge in [-0.15, -0.1) is 0 Å². The predicted molar refractivity (Wildman–Crippen MR) is 116 cm³/mol. The van der Waals surface area contributed by atoms with Gasteiger partial charge < -0.3 is 4.74 Å². The largest absolute Gasteiger partial charge is 0.441 e. The van der Waals surface area contributed by atoms with Crippen LogP contribution in [0.3, 0.4) is 0 Å². The van der Waals surface area contributed by atoms with Gasteiger partial charge in [0.25, 0.3) is 0 Å². The molecule has 6 heteroatoms. The Labute approximate surface area is 181 Å². The summed E-state index contributed by atoms with van der Waals surface area (Å²) in [4.78, 5) is 16.6. The Bertz CT molecular complexity index is 922. The van der Waals surface area contributed by atoms with Crippen LogP contribution in [0.4, 0.5) is 10.5 Å². The molecule has 2 aromatic rings. The number of benzene rings is 2. The highest BCUT2D eigenvalue weighted by molar-refractivity contribution is 6.42. The first-order chi connectivity index (χ1) is 14.0. The second kappa shape index (κ2) is 7.50. The average Bonchev–Trinajstić information content (AvgIpc) is 3.51. The molecule has 0 unspecified atom stereocenters. The first-order valence-electron chi connectivity index (χ1n) is 10.3. The quantitative estimate of drug-likeness (QED) is 0.608. The molecular formula is C23H24Cl2N2O2. The molecule has 3 fully saturated rings. The summed E-state index contributed by atoms with van der Waals surface area (Å²) in [6.07, 6.45) is 3.87. The number of ether oxygens (including phenoxy) is 1.